The lowest BCUT2D eigenvalue weighted by atomic mass is 9.97. The van der Waals surface area contributed by atoms with E-state index in [0.717, 1.165) is 25.7 Å². The Kier molecular flexibility index (Phi) is 4.20. The van der Waals surface area contributed by atoms with E-state index in [1.165, 1.54) is 19.3 Å². The lowest BCUT2D eigenvalue weighted by Gasteiger charge is -2.24. The van der Waals surface area contributed by atoms with E-state index in [0.29, 0.717) is 0 Å². The first kappa shape index (κ1) is 11.0. The van der Waals surface area contributed by atoms with Crippen molar-refractivity contribution in [3.05, 3.63) is 0 Å². The maximum Gasteiger partial charge on any atom is 0.0598 e. The molecule has 0 aliphatic carbocycles. The molecule has 0 amide bonds. The summed E-state index contributed by atoms with van der Waals surface area (Å²) in [6.07, 6.45) is 3.63. The maximum absolute atomic E-state index is 5.69. The molecule has 0 spiro atoms. The summed E-state index contributed by atoms with van der Waals surface area (Å²) in [6, 6.07) is 0. The summed E-state index contributed by atoms with van der Waals surface area (Å²) in [5.74, 6) is 0.830. The Labute approximate surface area is 81.6 Å². The van der Waals surface area contributed by atoms with Crippen LogP contribution in [0.1, 0.15) is 40.0 Å². The quantitative estimate of drug-likeness (QED) is 0.674. The van der Waals surface area contributed by atoms with Crippen molar-refractivity contribution in [1.29, 1.82) is 0 Å². The largest absolute Gasteiger partial charge is 0.381 e. The molecule has 0 aromatic heterocycles. The molecule has 0 bridgehead atoms. The van der Waals surface area contributed by atoms with E-state index in [2.05, 4.69) is 20.8 Å². The number of hydrogen-bond acceptors (Lipinski definition) is 2. The zero-order chi connectivity index (χ0) is 9.73. The van der Waals surface area contributed by atoms with Crippen molar-refractivity contribution in [2.75, 3.05) is 19.8 Å². The molecule has 0 atom stereocenters. The highest BCUT2D eigenvalue weighted by molar-refractivity contribution is 4.65. The number of ether oxygens (including phenoxy) is 2. The van der Waals surface area contributed by atoms with Crippen molar-refractivity contribution in [1.82, 2.24) is 0 Å². The van der Waals surface area contributed by atoms with E-state index in [4.69, 9.17) is 9.47 Å². The summed E-state index contributed by atoms with van der Waals surface area (Å²) < 4.78 is 11.0. The second-order valence-corrected chi connectivity index (χ2v) is 4.81. The van der Waals surface area contributed by atoms with Gasteiger partial charge in [0.25, 0.3) is 0 Å². The van der Waals surface area contributed by atoms with Gasteiger partial charge < -0.3 is 9.47 Å². The van der Waals surface area contributed by atoms with Gasteiger partial charge in [-0.25, -0.2) is 0 Å². The van der Waals surface area contributed by atoms with Gasteiger partial charge in [0.05, 0.1) is 5.60 Å². The molecule has 0 saturated carbocycles. The van der Waals surface area contributed by atoms with E-state index < -0.39 is 0 Å². The third-order valence-electron chi connectivity index (χ3n) is 2.40. The normalized spacial score (nSPS) is 20.5. The van der Waals surface area contributed by atoms with Crippen LogP contribution in [0.15, 0.2) is 0 Å². The van der Waals surface area contributed by atoms with Gasteiger partial charge in [0, 0.05) is 19.8 Å². The van der Waals surface area contributed by atoms with E-state index >= 15 is 0 Å². The van der Waals surface area contributed by atoms with E-state index in [-0.39, 0.29) is 5.60 Å². The Bertz CT molecular complexity index is 132. The van der Waals surface area contributed by atoms with Gasteiger partial charge in [-0.3, -0.25) is 0 Å². The third kappa shape index (κ3) is 5.27. The van der Waals surface area contributed by atoms with E-state index in [1.54, 1.807) is 0 Å². The van der Waals surface area contributed by atoms with E-state index in [9.17, 15) is 0 Å². The highest BCUT2D eigenvalue weighted by atomic mass is 16.5. The first-order valence-electron chi connectivity index (χ1n) is 5.29. The monoisotopic (exact) mass is 186 g/mol. The van der Waals surface area contributed by atoms with Crippen LogP contribution < -0.4 is 0 Å². The molecule has 2 heteroatoms. The molecule has 78 valence electrons. The highest BCUT2D eigenvalue weighted by Gasteiger charge is 2.15. The molecular weight excluding hydrogens is 164 g/mol. The van der Waals surface area contributed by atoms with Crippen molar-refractivity contribution in [3.63, 3.8) is 0 Å². The third-order valence-corrected chi connectivity index (χ3v) is 2.40. The smallest absolute Gasteiger partial charge is 0.0598 e. The van der Waals surface area contributed by atoms with Crippen LogP contribution in [-0.4, -0.2) is 25.4 Å². The van der Waals surface area contributed by atoms with Gasteiger partial charge in [-0.2, -0.15) is 0 Å². The Balaban J connectivity index is 2.04. The molecule has 1 aliphatic rings. The van der Waals surface area contributed by atoms with Gasteiger partial charge in [0.2, 0.25) is 0 Å². The van der Waals surface area contributed by atoms with E-state index in [1.807, 2.05) is 0 Å². The summed E-state index contributed by atoms with van der Waals surface area (Å²) in [5, 5.41) is 0. The van der Waals surface area contributed by atoms with Gasteiger partial charge in [-0.05, 0) is 46.0 Å². The van der Waals surface area contributed by atoms with Crippen LogP contribution in [0.4, 0.5) is 0 Å². The molecule has 0 aromatic rings. The van der Waals surface area contributed by atoms with Crippen molar-refractivity contribution in [2.45, 2.75) is 45.6 Å². The molecule has 0 radical (unpaired) electrons. The molecule has 1 fully saturated rings. The number of hydrogen-bond donors (Lipinski definition) is 0. The Morgan fingerprint density at radius 3 is 2.38 bits per heavy atom. The zero-order valence-electron chi connectivity index (χ0n) is 9.14. The average molecular weight is 186 g/mol. The Morgan fingerprint density at radius 1 is 1.23 bits per heavy atom. The Morgan fingerprint density at radius 2 is 1.85 bits per heavy atom. The van der Waals surface area contributed by atoms with Gasteiger partial charge in [0.15, 0.2) is 0 Å². The van der Waals surface area contributed by atoms with Gasteiger partial charge in [-0.1, -0.05) is 0 Å². The minimum atomic E-state index is 0.0190. The molecule has 0 N–H and O–H groups in total. The first-order chi connectivity index (χ1) is 6.08. The Hall–Kier alpha value is -0.0800. The summed E-state index contributed by atoms with van der Waals surface area (Å²) in [5.41, 5.74) is 0.0190. The standard InChI is InChI=1S/C11H22O2/c1-11(2,3)13-9-6-10-4-7-12-8-5-10/h10H,4-9H2,1-3H3. The summed E-state index contributed by atoms with van der Waals surface area (Å²) in [6.45, 7) is 9.11. The molecular formula is C11H22O2. The maximum atomic E-state index is 5.69. The van der Waals surface area contributed by atoms with Crippen LogP contribution in [0, 0.1) is 5.92 Å². The minimum Gasteiger partial charge on any atom is -0.381 e. The zero-order valence-corrected chi connectivity index (χ0v) is 9.14. The van der Waals surface area contributed by atoms with Gasteiger partial charge >= 0.3 is 0 Å². The predicted octanol–water partition coefficient (Wildman–Crippen LogP) is 2.62. The first-order valence-corrected chi connectivity index (χ1v) is 5.29. The van der Waals surface area contributed by atoms with Crippen LogP contribution in [0.2, 0.25) is 0 Å². The second-order valence-electron chi connectivity index (χ2n) is 4.81. The average Bonchev–Trinajstić information content (AvgIpc) is 2.04. The summed E-state index contributed by atoms with van der Waals surface area (Å²) >= 11 is 0. The molecule has 2 nitrogen and oxygen atoms in total. The topological polar surface area (TPSA) is 18.5 Å². The summed E-state index contributed by atoms with van der Waals surface area (Å²) in [7, 11) is 0. The lowest BCUT2D eigenvalue weighted by molar-refractivity contribution is -0.0183. The molecule has 1 aliphatic heterocycles. The molecule has 0 aromatic carbocycles. The minimum absolute atomic E-state index is 0.0190. The van der Waals surface area contributed by atoms with Crippen molar-refractivity contribution in [2.24, 2.45) is 5.92 Å². The van der Waals surface area contributed by atoms with Crippen molar-refractivity contribution >= 4 is 0 Å². The van der Waals surface area contributed by atoms with Gasteiger partial charge in [0.1, 0.15) is 0 Å². The fourth-order valence-corrected chi connectivity index (χ4v) is 1.57. The van der Waals surface area contributed by atoms with Crippen molar-refractivity contribution < 1.29 is 9.47 Å². The van der Waals surface area contributed by atoms with Crippen molar-refractivity contribution in [3.8, 4) is 0 Å². The lowest BCUT2D eigenvalue weighted by Crippen LogP contribution is -2.23. The van der Waals surface area contributed by atoms with Crippen LogP contribution in [0.25, 0.3) is 0 Å². The molecule has 13 heavy (non-hydrogen) atoms. The second kappa shape index (κ2) is 4.97. The van der Waals surface area contributed by atoms with Crippen LogP contribution >= 0.6 is 0 Å². The number of rotatable bonds is 3. The van der Waals surface area contributed by atoms with Crippen LogP contribution in [0.5, 0.6) is 0 Å². The predicted molar refractivity (Wildman–Crippen MR) is 53.9 cm³/mol. The molecule has 0 unspecified atom stereocenters. The summed E-state index contributed by atoms with van der Waals surface area (Å²) in [4.78, 5) is 0. The fourth-order valence-electron chi connectivity index (χ4n) is 1.57. The molecule has 1 rings (SSSR count). The van der Waals surface area contributed by atoms with Crippen LogP contribution in [0.3, 0.4) is 0 Å². The highest BCUT2D eigenvalue weighted by Crippen LogP contribution is 2.19. The van der Waals surface area contributed by atoms with Gasteiger partial charge in [-0.15, -0.1) is 0 Å². The fraction of sp³-hybridized carbons (Fsp3) is 1.00. The molecule has 1 saturated heterocycles. The molecule has 1 heterocycles. The van der Waals surface area contributed by atoms with Crippen LogP contribution in [-0.2, 0) is 9.47 Å². The SMILES string of the molecule is CC(C)(C)OCCC1CCOCC1.